The van der Waals surface area contributed by atoms with Crippen LogP contribution in [0.3, 0.4) is 0 Å². The molecular weight excluding hydrogens is 329 g/mol. The van der Waals surface area contributed by atoms with Crippen molar-refractivity contribution in [1.29, 1.82) is 0 Å². The molecule has 6 nitrogen and oxygen atoms in total. The third-order valence-electron chi connectivity index (χ3n) is 4.88. The first-order valence-corrected chi connectivity index (χ1v) is 10.8. The second kappa shape index (κ2) is 11.6. The summed E-state index contributed by atoms with van der Waals surface area (Å²) in [6.45, 7) is 4.14. The number of nitrogens with zero attached hydrogens (tertiary/aromatic N) is 1. The van der Waals surface area contributed by atoms with Gasteiger partial charge in [-0.15, -0.1) is 0 Å². The number of rotatable bonds is 15. The second-order valence-corrected chi connectivity index (χ2v) is 8.81. The first kappa shape index (κ1) is 24.0. The summed E-state index contributed by atoms with van der Waals surface area (Å²) in [6.07, 6.45) is 12.5. The minimum atomic E-state index is -4.56. The Kier molecular flexibility index (Phi) is 11.6. The Hall–Kier alpha value is 0.0300. The van der Waals surface area contributed by atoms with E-state index < -0.39 is 13.5 Å². The molecule has 0 bridgehead atoms. The molecule has 0 saturated heterocycles. The van der Waals surface area contributed by atoms with Crippen molar-refractivity contribution in [2.45, 2.75) is 83.8 Å². The van der Waals surface area contributed by atoms with Crippen LogP contribution in [0, 0.1) is 0 Å². The third kappa shape index (κ3) is 11.6. The van der Waals surface area contributed by atoms with Gasteiger partial charge >= 0.3 is 7.82 Å². The lowest BCUT2D eigenvalue weighted by Crippen LogP contribution is -2.60. The van der Waals surface area contributed by atoms with E-state index in [1.807, 2.05) is 14.1 Å². The number of hydrogen-bond donors (Lipinski definition) is 3. The lowest BCUT2D eigenvalue weighted by Gasteiger charge is -2.42. The van der Waals surface area contributed by atoms with Gasteiger partial charge in [0.05, 0.1) is 20.6 Å². The number of phosphoric acid groups is 1. The van der Waals surface area contributed by atoms with Crippen LogP contribution < -0.4 is 0 Å². The van der Waals surface area contributed by atoms with Gasteiger partial charge in [-0.3, -0.25) is 9.01 Å². The predicted molar refractivity (Wildman–Crippen MR) is 97.4 cm³/mol. The van der Waals surface area contributed by atoms with Crippen molar-refractivity contribution in [3.63, 3.8) is 0 Å². The number of likely N-dealkylation sites (N-methyl/N-ethyl adjacent to an activating group) is 1. The van der Waals surface area contributed by atoms with E-state index >= 15 is 0 Å². The van der Waals surface area contributed by atoms with Crippen molar-refractivity contribution in [2.24, 2.45) is 0 Å². The quantitative estimate of drug-likeness (QED) is 0.177. The SMILES string of the molecule is CCCCCCCCCCCC[N+](C)(C)C(C)(O)COP(=O)(O)O. The Labute approximate surface area is 148 Å². The first-order chi connectivity index (χ1) is 11.0. The molecule has 0 aliphatic rings. The molecule has 0 fully saturated rings. The van der Waals surface area contributed by atoms with Gasteiger partial charge in [-0.2, -0.15) is 0 Å². The van der Waals surface area contributed by atoms with Gasteiger partial charge in [0.15, 0.2) is 0 Å². The molecule has 0 aromatic heterocycles. The van der Waals surface area contributed by atoms with Crippen LogP contribution in [0.5, 0.6) is 0 Å². The largest absolute Gasteiger partial charge is 0.469 e. The summed E-state index contributed by atoms with van der Waals surface area (Å²) in [5.74, 6) is 0. The smallest absolute Gasteiger partial charge is 0.341 e. The fraction of sp³-hybridized carbons (Fsp3) is 1.00. The van der Waals surface area contributed by atoms with Crippen molar-refractivity contribution in [1.82, 2.24) is 0 Å². The van der Waals surface area contributed by atoms with Crippen molar-refractivity contribution in [3.05, 3.63) is 0 Å². The van der Waals surface area contributed by atoms with E-state index in [1.165, 1.54) is 51.4 Å². The van der Waals surface area contributed by atoms with Crippen LogP contribution in [0.25, 0.3) is 0 Å². The highest BCUT2D eigenvalue weighted by Crippen LogP contribution is 2.37. The van der Waals surface area contributed by atoms with E-state index in [0.717, 1.165) is 19.4 Å². The molecule has 0 amide bonds. The molecule has 1 atom stereocenters. The zero-order valence-electron chi connectivity index (χ0n) is 16.0. The predicted octanol–water partition coefficient (Wildman–Crippen LogP) is 3.80. The second-order valence-electron chi connectivity index (χ2n) is 7.57. The molecule has 0 aromatic rings. The fourth-order valence-corrected chi connectivity index (χ4v) is 3.03. The van der Waals surface area contributed by atoms with E-state index in [2.05, 4.69) is 11.4 Å². The van der Waals surface area contributed by atoms with Gasteiger partial charge in [0, 0.05) is 6.92 Å². The van der Waals surface area contributed by atoms with Gasteiger partial charge in [-0.05, 0) is 12.8 Å². The number of unbranched alkanes of at least 4 members (excludes halogenated alkanes) is 9. The maximum atomic E-state index is 10.8. The van der Waals surface area contributed by atoms with Crippen molar-refractivity contribution < 1.29 is 28.5 Å². The lowest BCUT2D eigenvalue weighted by atomic mass is 10.1. The molecule has 7 heteroatoms. The van der Waals surface area contributed by atoms with Gasteiger partial charge in [0.25, 0.3) is 0 Å². The van der Waals surface area contributed by atoms with Crippen LogP contribution in [0.15, 0.2) is 0 Å². The number of phosphoric ester groups is 1. The molecule has 0 saturated carbocycles. The Balaban J connectivity index is 3.85. The highest BCUT2D eigenvalue weighted by atomic mass is 31.2. The summed E-state index contributed by atoms with van der Waals surface area (Å²) < 4.78 is 15.5. The Morgan fingerprint density at radius 1 is 0.917 bits per heavy atom. The van der Waals surface area contributed by atoms with Gasteiger partial charge < -0.3 is 14.9 Å². The minimum Gasteiger partial charge on any atom is -0.341 e. The molecule has 3 N–H and O–H groups in total. The van der Waals surface area contributed by atoms with E-state index in [-0.39, 0.29) is 11.1 Å². The highest BCUT2D eigenvalue weighted by molar-refractivity contribution is 7.46. The zero-order valence-corrected chi connectivity index (χ0v) is 16.9. The monoisotopic (exact) mass is 368 g/mol. The van der Waals surface area contributed by atoms with Crippen LogP contribution in [0.1, 0.15) is 78.1 Å². The first-order valence-electron chi connectivity index (χ1n) is 9.27. The molecule has 0 rings (SSSR count). The summed E-state index contributed by atoms with van der Waals surface area (Å²) in [5, 5.41) is 10.5. The zero-order chi connectivity index (χ0) is 18.7. The standard InChI is InChI=1S/C17H38NO5P/c1-5-6-7-8-9-10-11-12-13-14-15-18(3,4)17(2,19)16-23-24(20,21)22/h19H,5-16H2,1-4H3,(H-,20,21,22)/p+1. The Morgan fingerprint density at radius 3 is 1.75 bits per heavy atom. The molecular formula is C17H39NO5P+. The summed E-state index contributed by atoms with van der Waals surface area (Å²) >= 11 is 0. The Bertz CT molecular complexity index is 368. The fourth-order valence-electron chi connectivity index (χ4n) is 2.62. The molecule has 24 heavy (non-hydrogen) atoms. The van der Waals surface area contributed by atoms with Gasteiger partial charge in [-0.1, -0.05) is 58.3 Å². The van der Waals surface area contributed by atoms with Crippen LogP contribution >= 0.6 is 7.82 Å². The van der Waals surface area contributed by atoms with E-state index in [9.17, 15) is 9.67 Å². The Morgan fingerprint density at radius 2 is 1.33 bits per heavy atom. The highest BCUT2D eigenvalue weighted by Gasteiger charge is 2.40. The average Bonchev–Trinajstić information content (AvgIpc) is 2.46. The van der Waals surface area contributed by atoms with Gasteiger partial charge in [0.2, 0.25) is 5.72 Å². The molecule has 0 aliphatic carbocycles. The summed E-state index contributed by atoms with van der Waals surface area (Å²) in [5.41, 5.74) is -1.33. The average molecular weight is 368 g/mol. The maximum Gasteiger partial charge on any atom is 0.469 e. The van der Waals surface area contributed by atoms with Crippen LogP contribution in [-0.2, 0) is 9.09 Å². The van der Waals surface area contributed by atoms with E-state index in [4.69, 9.17) is 9.79 Å². The normalized spacial score (nSPS) is 15.5. The molecule has 146 valence electrons. The molecule has 1 unspecified atom stereocenters. The van der Waals surface area contributed by atoms with Crippen LogP contribution in [0.2, 0.25) is 0 Å². The van der Waals surface area contributed by atoms with Crippen molar-refractivity contribution >= 4 is 7.82 Å². The summed E-state index contributed by atoms with van der Waals surface area (Å²) in [4.78, 5) is 17.6. The summed E-state index contributed by atoms with van der Waals surface area (Å²) in [7, 11) is -0.841. The third-order valence-corrected chi connectivity index (χ3v) is 5.35. The molecule has 0 aliphatic heterocycles. The maximum absolute atomic E-state index is 10.8. The topological polar surface area (TPSA) is 87.0 Å². The van der Waals surface area contributed by atoms with Crippen molar-refractivity contribution in [3.8, 4) is 0 Å². The van der Waals surface area contributed by atoms with Gasteiger partial charge in [-0.25, -0.2) is 4.57 Å². The lowest BCUT2D eigenvalue weighted by molar-refractivity contribution is -0.965. The molecule has 0 radical (unpaired) electrons. The summed E-state index contributed by atoms with van der Waals surface area (Å²) in [6, 6.07) is 0. The van der Waals surface area contributed by atoms with Crippen LogP contribution in [0.4, 0.5) is 0 Å². The number of quaternary nitrogens is 1. The molecule has 0 aromatic carbocycles. The molecule has 0 spiro atoms. The van der Waals surface area contributed by atoms with E-state index in [1.54, 1.807) is 6.92 Å². The number of aliphatic hydroxyl groups is 1. The number of hydrogen-bond acceptors (Lipinski definition) is 3. The van der Waals surface area contributed by atoms with Crippen LogP contribution in [-0.4, -0.2) is 52.3 Å². The van der Waals surface area contributed by atoms with Gasteiger partial charge in [0.1, 0.15) is 6.61 Å². The van der Waals surface area contributed by atoms with Crippen molar-refractivity contribution in [2.75, 3.05) is 27.2 Å². The minimum absolute atomic E-state index is 0.254. The van der Waals surface area contributed by atoms with E-state index in [0.29, 0.717) is 0 Å². The molecule has 0 heterocycles.